The van der Waals surface area contributed by atoms with Gasteiger partial charge in [0.1, 0.15) is 5.78 Å². The second-order valence-corrected chi connectivity index (χ2v) is 5.39. The third-order valence-corrected chi connectivity index (χ3v) is 3.91. The van der Waals surface area contributed by atoms with Gasteiger partial charge in [0.25, 0.3) is 0 Å². The minimum Gasteiger partial charge on any atom is -0.312 e. The average molecular weight is 254 g/mol. The van der Waals surface area contributed by atoms with E-state index in [4.69, 9.17) is 14.5 Å². The van der Waals surface area contributed by atoms with Gasteiger partial charge < -0.3 is 4.74 Å². The van der Waals surface area contributed by atoms with Crippen molar-refractivity contribution in [2.45, 2.75) is 63.9 Å². The minimum absolute atomic E-state index is 0.186. The molecule has 102 valence electrons. The van der Waals surface area contributed by atoms with E-state index in [2.05, 4.69) is 13.5 Å². The maximum absolute atomic E-state index is 11.6. The topological polar surface area (TPSA) is 44.8 Å². The first kappa shape index (κ1) is 13.7. The number of ketones is 1. The standard InChI is InChI=1S/C14H22O4/c1-4-7-11(5-2)13(3)16-14(18-17-13)9-6-8-12(15)10-14/h4,11H,1,5-10H2,2-3H3. The van der Waals surface area contributed by atoms with Gasteiger partial charge in [-0.1, -0.05) is 13.0 Å². The van der Waals surface area contributed by atoms with Crippen molar-refractivity contribution in [3.63, 3.8) is 0 Å². The van der Waals surface area contributed by atoms with Gasteiger partial charge in [0.05, 0.1) is 6.42 Å². The number of rotatable bonds is 4. The summed E-state index contributed by atoms with van der Waals surface area (Å²) in [6.07, 6.45) is 6.02. The van der Waals surface area contributed by atoms with Gasteiger partial charge in [0.15, 0.2) is 0 Å². The summed E-state index contributed by atoms with van der Waals surface area (Å²) in [5, 5.41) is 0. The normalized spacial score (nSPS) is 38.0. The summed E-state index contributed by atoms with van der Waals surface area (Å²) in [6.45, 7) is 7.73. The van der Waals surface area contributed by atoms with Crippen LogP contribution in [0.4, 0.5) is 0 Å². The first-order valence-electron chi connectivity index (χ1n) is 6.73. The van der Waals surface area contributed by atoms with Crippen LogP contribution in [0.2, 0.25) is 0 Å². The van der Waals surface area contributed by atoms with Crippen LogP contribution in [0, 0.1) is 5.92 Å². The number of carbonyl (C=O) groups is 1. The zero-order valence-electron chi connectivity index (χ0n) is 11.2. The van der Waals surface area contributed by atoms with Gasteiger partial charge in [-0.3, -0.25) is 4.79 Å². The number of allylic oxidation sites excluding steroid dienone is 1. The van der Waals surface area contributed by atoms with Crippen molar-refractivity contribution in [2.75, 3.05) is 0 Å². The predicted octanol–water partition coefficient (Wildman–Crippen LogP) is 3.12. The Morgan fingerprint density at radius 1 is 1.50 bits per heavy atom. The largest absolute Gasteiger partial charge is 0.312 e. The van der Waals surface area contributed by atoms with E-state index in [1.54, 1.807) is 0 Å². The average Bonchev–Trinajstić information content (AvgIpc) is 2.64. The zero-order valence-corrected chi connectivity index (χ0v) is 11.2. The lowest BCUT2D eigenvalue weighted by Crippen LogP contribution is -2.42. The summed E-state index contributed by atoms with van der Waals surface area (Å²) >= 11 is 0. The summed E-state index contributed by atoms with van der Waals surface area (Å²) in [5.74, 6) is -1.25. The molecule has 18 heavy (non-hydrogen) atoms. The molecule has 0 amide bonds. The molecule has 2 rings (SSSR count). The number of ether oxygens (including phenoxy) is 1. The predicted molar refractivity (Wildman–Crippen MR) is 66.5 cm³/mol. The number of hydrogen-bond donors (Lipinski definition) is 0. The van der Waals surface area contributed by atoms with Crippen LogP contribution in [0.3, 0.4) is 0 Å². The highest BCUT2D eigenvalue weighted by Gasteiger charge is 2.54. The molecule has 0 radical (unpaired) electrons. The van der Waals surface area contributed by atoms with Gasteiger partial charge in [0, 0.05) is 18.8 Å². The van der Waals surface area contributed by atoms with Gasteiger partial charge in [-0.15, -0.1) is 6.58 Å². The molecule has 4 nitrogen and oxygen atoms in total. The summed E-state index contributed by atoms with van der Waals surface area (Å²) in [7, 11) is 0. The van der Waals surface area contributed by atoms with Gasteiger partial charge in [-0.2, -0.15) is 9.78 Å². The number of carbonyl (C=O) groups excluding carboxylic acids is 1. The molecule has 1 aliphatic heterocycles. The van der Waals surface area contributed by atoms with Crippen molar-refractivity contribution in [3.05, 3.63) is 12.7 Å². The fourth-order valence-corrected chi connectivity index (χ4v) is 2.86. The van der Waals surface area contributed by atoms with E-state index in [1.165, 1.54) is 0 Å². The molecule has 1 saturated heterocycles. The molecule has 1 saturated carbocycles. The van der Waals surface area contributed by atoms with E-state index < -0.39 is 11.6 Å². The Morgan fingerprint density at radius 2 is 2.28 bits per heavy atom. The molecule has 0 aromatic carbocycles. The Kier molecular flexibility index (Phi) is 3.90. The summed E-state index contributed by atoms with van der Waals surface area (Å²) in [5.41, 5.74) is 0. The molecule has 0 N–H and O–H groups in total. The van der Waals surface area contributed by atoms with Crippen LogP contribution < -0.4 is 0 Å². The van der Waals surface area contributed by atoms with Crippen molar-refractivity contribution in [2.24, 2.45) is 5.92 Å². The zero-order chi connectivity index (χ0) is 13.2. The minimum atomic E-state index is -0.849. The second-order valence-electron chi connectivity index (χ2n) is 5.39. The maximum Gasteiger partial charge on any atom is 0.211 e. The molecule has 1 spiro atoms. The summed E-state index contributed by atoms with van der Waals surface area (Å²) < 4.78 is 6.04. The molecular formula is C14H22O4. The lowest BCUT2D eigenvalue weighted by atomic mass is 9.90. The smallest absolute Gasteiger partial charge is 0.211 e. The Balaban J connectivity index is 2.09. The first-order chi connectivity index (χ1) is 8.53. The van der Waals surface area contributed by atoms with Gasteiger partial charge >= 0.3 is 0 Å². The van der Waals surface area contributed by atoms with E-state index in [1.807, 2.05) is 13.0 Å². The maximum atomic E-state index is 11.6. The van der Waals surface area contributed by atoms with Gasteiger partial charge in [-0.25, -0.2) is 0 Å². The van der Waals surface area contributed by atoms with Crippen LogP contribution in [0.5, 0.6) is 0 Å². The van der Waals surface area contributed by atoms with Crippen LogP contribution in [-0.2, 0) is 19.3 Å². The fraction of sp³-hybridized carbons (Fsp3) is 0.786. The number of Topliss-reactive ketones (excluding diaryl/α,β-unsaturated/α-hetero) is 1. The Labute approximate surface area is 108 Å². The highest BCUT2D eigenvalue weighted by Crippen LogP contribution is 2.45. The summed E-state index contributed by atoms with van der Waals surface area (Å²) in [6, 6.07) is 0. The fourth-order valence-electron chi connectivity index (χ4n) is 2.86. The molecule has 4 heteroatoms. The van der Waals surface area contributed by atoms with E-state index in [0.29, 0.717) is 12.8 Å². The monoisotopic (exact) mass is 254 g/mol. The van der Waals surface area contributed by atoms with Crippen molar-refractivity contribution < 1.29 is 19.3 Å². The first-order valence-corrected chi connectivity index (χ1v) is 6.73. The molecule has 3 unspecified atom stereocenters. The Bertz CT molecular complexity index is 341. The molecule has 0 bridgehead atoms. The van der Waals surface area contributed by atoms with E-state index in [-0.39, 0.29) is 11.7 Å². The van der Waals surface area contributed by atoms with Crippen LogP contribution >= 0.6 is 0 Å². The van der Waals surface area contributed by atoms with Crippen LogP contribution in [0.25, 0.3) is 0 Å². The van der Waals surface area contributed by atoms with Crippen molar-refractivity contribution >= 4 is 5.78 Å². The molecule has 1 heterocycles. The highest BCUT2D eigenvalue weighted by molar-refractivity contribution is 5.80. The molecular weight excluding hydrogens is 232 g/mol. The van der Waals surface area contributed by atoms with Gasteiger partial charge in [-0.05, 0) is 26.2 Å². The molecule has 0 aromatic rings. The Hall–Kier alpha value is -0.710. The van der Waals surface area contributed by atoms with E-state index in [0.717, 1.165) is 25.7 Å². The molecule has 0 aromatic heterocycles. The molecule has 2 aliphatic rings. The third-order valence-electron chi connectivity index (χ3n) is 3.91. The Morgan fingerprint density at radius 3 is 2.89 bits per heavy atom. The van der Waals surface area contributed by atoms with Crippen molar-refractivity contribution in [3.8, 4) is 0 Å². The van der Waals surface area contributed by atoms with Crippen molar-refractivity contribution in [1.82, 2.24) is 0 Å². The SMILES string of the molecule is C=CCC(CC)C1(C)OOC2(CCCC(=O)C2)O1. The molecule has 1 aliphatic carbocycles. The summed E-state index contributed by atoms with van der Waals surface area (Å²) in [4.78, 5) is 22.5. The van der Waals surface area contributed by atoms with E-state index >= 15 is 0 Å². The lowest BCUT2D eigenvalue weighted by molar-refractivity contribution is -0.357. The van der Waals surface area contributed by atoms with E-state index in [9.17, 15) is 4.79 Å². The van der Waals surface area contributed by atoms with Crippen molar-refractivity contribution in [1.29, 1.82) is 0 Å². The van der Waals surface area contributed by atoms with Crippen LogP contribution in [-0.4, -0.2) is 17.4 Å². The molecule has 2 fully saturated rings. The second kappa shape index (κ2) is 5.11. The third kappa shape index (κ3) is 2.51. The quantitative estimate of drug-likeness (QED) is 0.571. The van der Waals surface area contributed by atoms with Crippen LogP contribution in [0.1, 0.15) is 52.4 Å². The lowest BCUT2D eigenvalue weighted by Gasteiger charge is -2.33. The van der Waals surface area contributed by atoms with Gasteiger partial charge in [0.2, 0.25) is 11.6 Å². The molecule has 3 atom stereocenters. The highest BCUT2D eigenvalue weighted by atomic mass is 17.3. The number of hydrogen-bond acceptors (Lipinski definition) is 4. The van der Waals surface area contributed by atoms with Crippen LogP contribution in [0.15, 0.2) is 12.7 Å².